The van der Waals surface area contributed by atoms with Crippen LogP contribution in [0.15, 0.2) is 54.6 Å². The molecule has 0 aliphatic carbocycles. The first-order valence-electron chi connectivity index (χ1n) is 8.37. The Morgan fingerprint density at radius 3 is 2.64 bits per heavy atom. The fourth-order valence-corrected chi connectivity index (χ4v) is 3.04. The number of hydrogen-bond donors (Lipinski definition) is 1. The predicted octanol–water partition coefficient (Wildman–Crippen LogP) is 4.13. The summed E-state index contributed by atoms with van der Waals surface area (Å²) in [6, 6.07) is 15.4. The van der Waals surface area contributed by atoms with Gasteiger partial charge in [0.2, 0.25) is 5.91 Å². The summed E-state index contributed by atoms with van der Waals surface area (Å²) in [7, 11) is 1.63. The van der Waals surface area contributed by atoms with Gasteiger partial charge in [-0.1, -0.05) is 30.3 Å². The molecule has 0 saturated carbocycles. The van der Waals surface area contributed by atoms with Gasteiger partial charge in [0, 0.05) is 18.1 Å². The molecular weight excluding hydrogens is 314 g/mol. The molecule has 0 aromatic heterocycles. The first kappa shape index (κ1) is 17.1. The summed E-state index contributed by atoms with van der Waals surface area (Å²) in [4.78, 5) is 12.4. The molecule has 1 amide bonds. The van der Waals surface area contributed by atoms with Crippen molar-refractivity contribution in [3.05, 3.63) is 65.7 Å². The van der Waals surface area contributed by atoms with E-state index in [2.05, 4.69) is 5.32 Å². The number of ether oxygens (including phenoxy) is 2. The largest absolute Gasteiger partial charge is 0.497 e. The zero-order chi connectivity index (χ0) is 17.9. The maximum absolute atomic E-state index is 12.4. The smallest absolute Gasteiger partial charge is 0.244 e. The second-order valence-electron chi connectivity index (χ2n) is 6.77. The van der Waals surface area contributed by atoms with Gasteiger partial charge in [0.25, 0.3) is 0 Å². The third-order valence-electron chi connectivity index (χ3n) is 4.24. The summed E-state index contributed by atoms with van der Waals surface area (Å²) in [5.41, 5.74) is 1.66. The maximum atomic E-state index is 12.4. The molecule has 1 aliphatic rings. The van der Waals surface area contributed by atoms with Crippen LogP contribution in [0, 0.1) is 0 Å². The molecule has 1 heterocycles. The van der Waals surface area contributed by atoms with Crippen LogP contribution in [0.2, 0.25) is 0 Å². The number of methoxy groups -OCH3 is 1. The molecule has 0 unspecified atom stereocenters. The SMILES string of the molecule is COc1ccc(/C=C/C(=O)N[C@@H]2CC(C)(C)Oc3ccccc32)cc1. The topological polar surface area (TPSA) is 47.6 Å². The minimum absolute atomic E-state index is 0.0621. The van der Waals surface area contributed by atoms with Crippen LogP contribution in [-0.4, -0.2) is 18.6 Å². The second-order valence-corrected chi connectivity index (χ2v) is 6.77. The molecule has 25 heavy (non-hydrogen) atoms. The molecule has 4 nitrogen and oxygen atoms in total. The third kappa shape index (κ3) is 4.21. The molecule has 130 valence electrons. The van der Waals surface area contributed by atoms with E-state index in [1.54, 1.807) is 19.3 Å². The van der Waals surface area contributed by atoms with Crippen molar-refractivity contribution in [1.29, 1.82) is 0 Å². The van der Waals surface area contributed by atoms with Crippen molar-refractivity contribution < 1.29 is 14.3 Å². The molecule has 2 aromatic carbocycles. The molecule has 0 fully saturated rings. The zero-order valence-corrected chi connectivity index (χ0v) is 14.8. The van der Waals surface area contributed by atoms with E-state index in [4.69, 9.17) is 9.47 Å². The number of nitrogens with one attached hydrogen (secondary N) is 1. The third-order valence-corrected chi connectivity index (χ3v) is 4.24. The maximum Gasteiger partial charge on any atom is 0.244 e. The van der Waals surface area contributed by atoms with E-state index in [0.29, 0.717) is 0 Å². The van der Waals surface area contributed by atoms with Crippen LogP contribution in [0.1, 0.15) is 37.4 Å². The molecule has 2 aromatic rings. The molecule has 1 atom stereocenters. The lowest BCUT2D eigenvalue weighted by molar-refractivity contribution is -0.117. The quantitative estimate of drug-likeness (QED) is 0.854. The molecule has 0 saturated heterocycles. The Balaban J connectivity index is 1.70. The fraction of sp³-hybridized carbons (Fsp3) is 0.286. The van der Waals surface area contributed by atoms with Crippen molar-refractivity contribution in [3.8, 4) is 11.5 Å². The molecule has 1 N–H and O–H groups in total. The number of para-hydroxylation sites is 1. The zero-order valence-electron chi connectivity index (χ0n) is 14.8. The van der Waals surface area contributed by atoms with Gasteiger partial charge in [0.05, 0.1) is 13.2 Å². The molecule has 1 aliphatic heterocycles. The van der Waals surface area contributed by atoms with Crippen LogP contribution >= 0.6 is 0 Å². The van der Waals surface area contributed by atoms with Crippen molar-refractivity contribution in [2.24, 2.45) is 0 Å². The molecule has 3 rings (SSSR count). The van der Waals surface area contributed by atoms with Gasteiger partial charge in [-0.25, -0.2) is 0 Å². The lowest BCUT2D eigenvalue weighted by Crippen LogP contribution is -2.40. The van der Waals surface area contributed by atoms with Gasteiger partial charge < -0.3 is 14.8 Å². The standard InChI is InChI=1S/C21H23NO3/c1-21(2)14-18(17-6-4-5-7-19(17)25-21)22-20(23)13-10-15-8-11-16(24-3)12-9-15/h4-13,18H,14H2,1-3H3,(H,22,23)/b13-10+/t18-/m1/s1. The van der Waals surface area contributed by atoms with Crippen LogP contribution in [0.5, 0.6) is 11.5 Å². The Morgan fingerprint density at radius 1 is 1.20 bits per heavy atom. The fourth-order valence-electron chi connectivity index (χ4n) is 3.04. The van der Waals surface area contributed by atoms with E-state index in [1.165, 1.54) is 0 Å². The highest BCUT2D eigenvalue weighted by Gasteiger charge is 2.33. The lowest BCUT2D eigenvalue weighted by Gasteiger charge is -2.37. The Bertz CT molecular complexity index is 778. The highest BCUT2D eigenvalue weighted by atomic mass is 16.5. The molecular formula is C21H23NO3. The van der Waals surface area contributed by atoms with Gasteiger partial charge in [-0.3, -0.25) is 4.79 Å². The monoisotopic (exact) mass is 337 g/mol. The highest BCUT2D eigenvalue weighted by Crippen LogP contribution is 2.39. The minimum atomic E-state index is -0.313. The van der Waals surface area contributed by atoms with Gasteiger partial charge in [0.1, 0.15) is 17.1 Å². The van der Waals surface area contributed by atoms with Gasteiger partial charge in [-0.15, -0.1) is 0 Å². The molecule has 4 heteroatoms. The average Bonchev–Trinajstić information content (AvgIpc) is 2.59. The summed E-state index contributed by atoms with van der Waals surface area (Å²) >= 11 is 0. The van der Waals surface area contributed by atoms with Crippen LogP contribution in [0.25, 0.3) is 6.08 Å². The number of hydrogen-bond acceptors (Lipinski definition) is 3. The average molecular weight is 337 g/mol. The highest BCUT2D eigenvalue weighted by molar-refractivity contribution is 5.92. The number of fused-ring (bicyclic) bond motifs is 1. The van der Waals surface area contributed by atoms with Crippen LogP contribution < -0.4 is 14.8 Å². The van der Waals surface area contributed by atoms with Gasteiger partial charge in [-0.05, 0) is 43.7 Å². The second kappa shape index (κ2) is 7.01. The van der Waals surface area contributed by atoms with Crippen molar-refractivity contribution in [2.75, 3.05) is 7.11 Å². The Kier molecular flexibility index (Phi) is 4.79. The summed E-state index contributed by atoms with van der Waals surface area (Å²) < 4.78 is 11.1. The van der Waals surface area contributed by atoms with Crippen molar-refractivity contribution in [1.82, 2.24) is 5.32 Å². The number of rotatable bonds is 4. The van der Waals surface area contributed by atoms with Gasteiger partial charge in [-0.2, -0.15) is 0 Å². The number of carbonyl (C=O) groups is 1. The van der Waals surface area contributed by atoms with E-state index >= 15 is 0 Å². The summed E-state index contributed by atoms with van der Waals surface area (Å²) in [5, 5.41) is 3.09. The van der Waals surface area contributed by atoms with Gasteiger partial charge in [0.15, 0.2) is 0 Å². The van der Waals surface area contributed by atoms with E-state index in [1.807, 2.05) is 62.4 Å². The summed E-state index contributed by atoms with van der Waals surface area (Å²) in [6.07, 6.45) is 4.09. The van der Waals surface area contributed by atoms with E-state index < -0.39 is 0 Å². The van der Waals surface area contributed by atoms with Gasteiger partial charge >= 0.3 is 0 Å². The van der Waals surface area contributed by atoms with E-state index in [9.17, 15) is 4.79 Å². The molecule has 0 spiro atoms. The number of carbonyl (C=O) groups excluding carboxylic acids is 1. The number of benzene rings is 2. The van der Waals surface area contributed by atoms with E-state index in [-0.39, 0.29) is 17.6 Å². The van der Waals surface area contributed by atoms with E-state index in [0.717, 1.165) is 29.0 Å². The minimum Gasteiger partial charge on any atom is -0.497 e. The lowest BCUT2D eigenvalue weighted by atomic mass is 9.89. The first-order valence-corrected chi connectivity index (χ1v) is 8.37. The Hall–Kier alpha value is -2.75. The van der Waals surface area contributed by atoms with Crippen molar-refractivity contribution in [2.45, 2.75) is 31.9 Å². The summed E-state index contributed by atoms with van der Waals surface area (Å²) in [5.74, 6) is 1.51. The van der Waals surface area contributed by atoms with Crippen molar-refractivity contribution >= 4 is 12.0 Å². The van der Waals surface area contributed by atoms with Crippen LogP contribution in [0.4, 0.5) is 0 Å². The normalized spacial score (nSPS) is 18.3. The van der Waals surface area contributed by atoms with Crippen LogP contribution in [0.3, 0.4) is 0 Å². The Morgan fingerprint density at radius 2 is 1.92 bits per heavy atom. The Labute approximate surface area is 148 Å². The predicted molar refractivity (Wildman–Crippen MR) is 98.7 cm³/mol. The van der Waals surface area contributed by atoms with Crippen molar-refractivity contribution in [3.63, 3.8) is 0 Å². The molecule has 0 bridgehead atoms. The first-order chi connectivity index (χ1) is 12.0. The molecule has 0 radical (unpaired) electrons. The summed E-state index contributed by atoms with van der Waals surface area (Å²) in [6.45, 7) is 4.07. The number of amides is 1. The van der Waals surface area contributed by atoms with Crippen LogP contribution in [-0.2, 0) is 4.79 Å².